The molecule has 1 saturated heterocycles. The van der Waals surface area contributed by atoms with Crippen molar-refractivity contribution in [2.75, 3.05) is 13.2 Å². The molecule has 0 aromatic rings. The summed E-state index contributed by atoms with van der Waals surface area (Å²) in [6.07, 6.45) is 0.804. The van der Waals surface area contributed by atoms with E-state index in [9.17, 15) is 4.79 Å². The molecule has 1 heterocycles. The number of hydrogen-bond donors (Lipinski definition) is 0. The van der Waals surface area contributed by atoms with Crippen LogP contribution in [0.15, 0.2) is 12.7 Å². The Bertz CT molecular complexity index is 200. The fourth-order valence-corrected chi connectivity index (χ4v) is 0.957. The van der Waals surface area contributed by atoms with Crippen molar-refractivity contribution in [2.24, 2.45) is 0 Å². The zero-order chi connectivity index (χ0) is 9.90. The Morgan fingerprint density at radius 1 is 1.54 bits per heavy atom. The summed E-state index contributed by atoms with van der Waals surface area (Å²) in [6.45, 7) is 7.67. The molecule has 0 aromatic heterocycles. The van der Waals surface area contributed by atoms with Gasteiger partial charge >= 0.3 is 5.97 Å². The van der Waals surface area contributed by atoms with E-state index in [2.05, 4.69) is 6.58 Å². The highest BCUT2D eigenvalue weighted by Gasteiger charge is 2.29. The third-order valence-corrected chi connectivity index (χ3v) is 1.68. The van der Waals surface area contributed by atoms with Crippen LogP contribution in [0.25, 0.3) is 0 Å². The quantitative estimate of drug-likeness (QED) is 0.474. The van der Waals surface area contributed by atoms with Gasteiger partial charge in [-0.1, -0.05) is 6.58 Å². The maximum Gasteiger partial charge on any atom is 0.330 e. The van der Waals surface area contributed by atoms with Crippen molar-refractivity contribution in [3.8, 4) is 0 Å². The number of carbonyl (C=O) groups excluding carboxylic acids is 1. The van der Waals surface area contributed by atoms with Crippen LogP contribution in [0.1, 0.15) is 13.8 Å². The average molecular weight is 186 g/mol. The Balaban J connectivity index is 2.33. The van der Waals surface area contributed by atoms with Crippen LogP contribution in [0.3, 0.4) is 0 Å². The molecule has 4 heteroatoms. The lowest BCUT2D eigenvalue weighted by Gasteiger charge is -2.34. The first-order valence-electron chi connectivity index (χ1n) is 4.14. The highest BCUT2D eigenvalue weighted by molar-refractivity contribution is 5.81. The highest BCUT2D eigenvalue weighted by atomic mass is 16.7. The van der Waals surface area contributed by atoms with Gasteiger partial charge in [0.1, 0.15) is 6.10 Å². The van der Waals surface area contributed by atoms with Crippen molar-refractivity contribution in [3.05, 3.63) is 12.7 Å². The van der Waals surface area contributed by atoms with Crippen molar-refractivity contribution < 1.29 is 19.0 Å². The van der Waals surface area contributed by atoms with Gasteiger partial charge < -0.3 is 14.2 Å². The number of carbonyl (C=O) groups is 1. The van der Waals surface area contributed by atoms with E-state index in [1.807, 2.05) is 13.8 Å². The van der Waals surface area contributed by atoms with Crippen LogP contribution in [-0.2, 0) is 19.0 Å². The molecular formula is C9H14O4. The first kappa shape index (κ1) is 10.2. The average Bonchev–Trinajstić information content (AvgIpc) is 2.08. The molecule has 1 aliphatic rings. The zero-order valence-corrected chi connectivity index (χ0v) is 7.91. The second kappa shape index (κ2) is 3.89. The summed E-state index contributed by atoms with van der Waals surface area (Å²) >= 11 is 0. The van der Waals surface area contributed by atoms with Gasteiger partial charge in [-0.15, -0.1) is 0 Å². The zero-order valence-electron chi connectivity index (χ0n) is 7.91. The maximum absolute atomic E-state index is 10.8. The van der Waals surface area contributed by atoms with E-state index in [0.29, 0.717) is 13.2 Å². The summed E-state index contributed by atoms with van der Waals surface area (Å²) in [7, 11) is 0. The van der Waals surface area contributed by atoms with Crippen LogP contribution in [0.5, 0.6) is 0 Å². The Hall–Kier alpha value is -0.870. The minimum absolute atomic E-state index is 0.321. The molecule has 74 valence electrons. The summed E-state index contributed by atoms with van der Waals surface area (Å²) in [6, 6.07) is 0. The first-order chi connectivity index (χ1) is 6.03. The lowest BCUT2D eigenvalue weighted by molar-refractivity contribution is -0.275. The molecule has 0 aliphatic carbocycles. The van der Waals surface area contributed by atoms with Gasteiger partial charge in [-0.3, -0.25) is 0 Å². The van der Waals surface area contributed by atoms with Gasteiger partial charge in [0.05, 0.1) is 13.2 Å². The summed E-state index contributed by atoms with van der Waals surface area (Å²) < 4.78 is 15.5. The largest absolute Gasteiger partial charge is 0.454 e. The molecule has 0 saturated carbocycles. The molecule has 0 spiro atoms. The van der Waals surface area contributed by atoms with E-state index < -0.39 is 11.8 Å². The number of hydrogen-bond acceptors (Lipinski definition) is 4. The maximum atomic E-state index is 10.8. The Morgan fingerprint density at radius 2 is 2.08 bits per heavy atom. The molecule has 0 radical (unpaired) electrons. The Labute approximate surface area is 77.5 Å². The van der Waals surface area contributed by atoms with Crippen LogP contribution in [-0.4, -0.2) is 31.1 Å². The van der Waals surface area contributed by atoms with E-state index in [-0.39, 0.29) is 6.10 Å². The minimum atomic E-state index is -0.572. The molecule has 1 fully saturated rings. The van der Waals surface area contributed by atoms with Crippen molar-refractivity contribution in [1.29, 1.82) is 0 Å². The fraction of sp³-hybridized carbons (Fsp3) is 0.667. The van der Waals surface area contributed by atoms with Crippen LogP contribution >= 0.6 is 0 Å². The highest BCUT2D eigenvalue weighted by Crippen LogP contribution is 2.18. The third-order valence-electron chi connectivity index (χ3n) is 1.68. The van der Waals surface area contributed by atoms with Gasteiger partial charge in [-0.2, -0.15) is 0 Å². The first-order valence-corrected chi connectivity index (χ1v) is 4.14. The van der Waals surface area contributed by atoms with Crippen LogP contribution in [0.2, 0.25) is 0 Å². The molecule has 1 aliphatic heterocycles. The molecule has 0 atom stereocenters. The molecule has 0 unspecified atom stereocenters. The number of ether oxygens (including phenoxy) is 3. The van der Waals surface area contributed by atoms with Crippen LogP contribution < -0.4 is 0 Å². The van der Waals surface area contributed by atoms with Gasteiger partial charge in [0.15, 0.2) is 5.79 Å². The van der Waals surface area contributed by atoms with E-state index in [1.54, 1.807) is 0 Å². The van der Waals surface area contributed by atoms with Crippen molar-refractivity contribution >= 4 is 5.97 Å². The summed E-state index contributed by atoms with van der Waals surface area (Å²) in [4.78, 5) is 10.8. The molecule has 0 N–H and O–H groups in total. The summed E-state index contributed by atoms with van der Waals surface area (Å²) in [5.74, 6) is -1.02. The van der Waals surface area contributed by atoms with Crippen molar-refractivity contribution in [2.45, 2.75) is 25.7 Å². The topological polar surface area (TPSA) is 44.8 Å². The summed E-state index contributed by atoms with van der Waals surface area (Å²) in [5.41, 5.74) is 0. The van der Waals surface area contributed by atoms with E-state index in [0.717, 1.165) is 6.08 Å². The van der Waals surface area contributed by atoms with E-state index in [4.69, 9.17) is 14.2 Å². The second-order valence-electron chi connectivity index (χ2n) is 3.28. The third kappa shape index (κ3) is 3.16. The SMILES string of the molecule is C=CC(=O)OC1COC(C)(C)OC1. The van der Waals surface area contributed by atoms with E-state index in [1.165, 1.54) is 0 Å². The normalized spacial score (nSPS) is 22.3. The molecule has 1 rings (SSSR count). The second-order valence-corrected chi connectivity index (χ2v) is 3.28. The minimum Gasteiger partial charge on any atom is -0.454 e. The monoisotopic (exact) mass is 186 g/mol. The van der Waals surface area contributed by atoms with Gasteiger partial charge in [-0.05, 0) is 13.8 Å². The molecule has 4 nitrogen and oxygen atoms in total. The van der Waals surface area contributed by atoms with Gasteiger partial charge in [0.25, 0.3) is 0 Å². The van der Waals surface area contributed by atoms with Crippen LogP contribution in [0.4, 0.5) is 0 Å². The number of rotatable bonds is 2. The molecule has 0 bridgehead atoms. The van der Waals surface area contributed by atoms with E-state index >= 15 is 0 Å². The lowest BCUT2D eigenvalue weighted by Crippen LogP contribution is -2.43. The smallest absolute Gasteiger partial charge is 0.330 e. The Morgan fingerprint density at radius 3 is 2.54 bits per heavy atom. The van der Waals surface area contributed by atoms with Gasteiger partial charge in [-0.25, -0.2) is 4.79 Å². The standard InChI is InChI=1S/C9H14O4/c1-4-8(10)13-7-5-11-9(2,3)12-6-7/h4,7H,1,5-6H2,2-3H3. The Kier molecular flexibility index (Phi) is 3.06. The molecular weight excluding hydrogens is 172 g/mol. The van der Waals surface area contributed by atoms with Crippen LogP contribution in [0, 0.1) is 0 Å². The number of esters is 1. The molecule has 13 heavy (non-hydrogen) atoms. The van der Waals surface area contributed by atoms with Crippen molar-refractivity contribution in [3.63, 3.8) is 0 Å². The predicted molar refractivity (Wildman–Crippen MR) is 46.1 cm³/mol. The molecule has 0 amide bonds. The predicted octanol–water partition coefficient (Wildman–Crippen LogP) is 0.867. The van der Waals surface area contributed by atoms with Gasteiger partial charge in [0, 0.05) is 6.08 Å². The lowest BCUT2D eigenvalue weighted by atomic mass is 10.3. The fourth-order valence-electron chi connectivity index (χ4n) is 0.957. The molecule has 0 aromatic carbocycles. The summed E-state index contributed by atoms with van der Waals surface area (Å²) in [5, 5.41) is 0. The van der Waals surface area contributed by atoms with Crippen molar-refractivity contribution in [1.82, 2.24) is 0 Å². The van der Waals surface area contributed by atoms with Gasteiger partial charge in [0.2, 0.25) is 0 Å².